The van der Waals surface area contributed by atoms with Crippen molar-refractivity contribution in [1.82, 2.24) is 4.90 Å². The van der Waals surface area contributed by atoms with Crippen molar-refractivity contribution in [2.24, 2.45) is 0 Å². The predicted molar refractivity (Wildman–Crippen MR) is 109 cm³/mol. The number of hydrogen-bond acceptors (Lipinski definition) is 7. The van der Waals surface area contributed by atoms with Gasteiger partial charge >= 0.3 is 5.97 Å². The highest BCUT2D eigenvalue weighted by Crippen LogP contribution is 2.44. The highest BCUT2D eigenvalue weighted by molar-refractivity contribution is 8.03. The molecule has 0 saturated carbocycles. The first kappa shape index (κ1) is 18.6. The van der Waals surface area contributed by atoms with Crippen LogP contribution in [0.3, 0.4) is 0 Å². The lowest BCUT2D eigenvalue weighted by Crippen LogP contribution is -2.47. The number of thiophene rings is 1. The van der Waals surface area contributed by atoms with Gasteiger partial charge in [0, 0.05) is 22.9 Å². The van der Waals surface area contributed by atoms with Crippen LogP contribution < -0.4 is 4.90 Å². The summed E-state index contributed by atoms with van der Waals surface area (Å²) in [6.45, 7) is 0.390. The van der Waals surface area contributed by atoms with E-state index in [-0.39, 0.29) is 17.8 Å². The van der Waals surface area contributed by atoms with Gasteiger partial charge in [-0.05, 0) is 35.7 Å². The third kappa shape index (κ3) is 3.28. The molecule has 2 aromatic rings. The van der Waals surface area contributed by atoms with E-state index in [1.807, 2.05) is 34.5 Å². The summed E-state index contributed by atoms with van der Waals surface area (Å²) in [6, 6.07) is 13.4. The molecule has 0 aliphatic carbocycles. The molecule has 1 aromatic carbocycles. The van der Waals surface area contributed by atoms with Gasteiger partial charge in [0.1, 0.15) is 0 Å². The molecule has 4 rings (SSSR count). The number of rotatable bonds is 3. The molecule has 0 radical (unpaired) electrons. The second-order valence-corrected chi connectivity index (χ2v) is 8.33. The molecule has 1 fully saturated rings. The summed E-state index contributed by atoms with van der Waals surface area (Å²) in [5.74, 6) is 0.117. The quantitative estimate of drug-likeness (QED) is 0.716. The van der Waals surface area contributed by atoms with Crippen LogP contribution in [0, 0.1) is 11.3 Å². The van der Waals surface area contributed by atoms with Crippen LogP contribution in [0.4, 0.5) is 5.69 Å². The molecule has 3 heterocycles. The van der Waals surface area contributed by atoms with Crippen LogP contribution in [-0.4, -0.2) is 36.4 Å². The second-order valence-electron chi connectivity index (χ2n) is 6.42. The third-order valence-electron chi connectivity index (χ3n) is 4.83. The molecule has 28 heavy (non-hydrogen) atoms. The van der Waals surface area contributed by atoms with Crippen molar-refractivity contribution < 1.29 is 14.3 Å². The second kappa shape index (κ2) is 7.70. The topological polar surface area (TPSA) is 73.6 Å². The molecule has 2 aliphatic rings. The molecule has 1 atom stereocenters. The molecule has 0 spiro atoms. The highest BCUT2D eigenvalue weighted by atomic mass is 32.2. The van der Waals surface area contributed by atoms with E-state index in [9.17, 15) is 14.9 Å². The predicted octanol–water partition coefficient (Wildman–Crippen LogP) is 3.75. The lowest BCUT2D eigenvalue weighted by Gasteiger charge is -2.41. The van der Waals surface area contributed by atoms with E-state index in [1.165, 1.54) is 18.9 Å². The molecule has 0 N–H and O–H groups in total. The molecule has 0 unspecified atom stereocenters. The number of ether oxygens (including phenoxy) is 1. The zero-order valence-corrected chi connectivity index (χ0v) is 16.8. The van der Waals surface area contributed by atoms with Crippen LogP contribution in [0.25, 0.3) is 0 Å². The highest BCUT2D eigenvalue weighted by Gasteiger charge is 2.38. The number of hydrogen-bond donors (Lipinski definition) is 0. The first-order valence-corrected chi connectivity index (χ1v) is 10.5. The standard InChI is InChI=1S/C20H17N3O3S2/c1-26-20(25)13-4-6-14(7-5-13)22-11-23-18(24)9-15(17-3-2-8-27-17)16(10-21)19(23)28-12-22/h2-8,15H,9,11-12H2,1H3/t15-/m0/s1. The van der Waals surface area contributed by atoms with E-state index in [0.717, 1.165) is 15.6 Å². The Morgan fingerprint density at radius 1 is 1.29 bits per heavy atom. The van der Waals surface area contributed by atoms with E-state index in [1.54, 1.807) is 28.4 Å². The normalized spacial score (nSPS) is 19.3. The summed E-state index contributed by atoms with van der Waals surface area (Å²) in [6.07, 6.45) is 0.308. The summed E-state index contributed by atoms with van der Waals surface area (Å²) in [5, 5.41) is 12.5. The summed E-state index contributed by atoms with van der Waals surface area (Å²) in [7, 11) is 1.35. The number of esters is 1. The Kier molecular flexibility index (Phi) is 5.11. The van der Waals surface area contributed by atoms with Crippen molar-refractivity contribution in [2.45, 2.75) is 12.3 Å². The van der Waals surface area contributed by atoms with Crippen molar-refractivity contribution in [3.05, 3.63) is 62.8 Å². The minimum atomic E-state index is -0.380. The summed E-state index contributed by atoms with van der Waals surface area (Å²) < 4.78 is 4.73. The number of nitriles is 1. The first-order valence-electron chi connectivity index (χ1n) is 8.66. The summed E-state index contributed by atoms with van der Waals surface area (Å²) in [5.41, 5.74) is 2.06. The monoisotopic (exact) mass is 411 g/mol. The van der Waals surface area contributed by atoms with E-state index in [0.29, 0.717) is 30.1 Å². The molecule has 0 bridgehead atoms. The largest absolute Gasteiger partial charge is 0.465 e. The minimum absolute atomic E-state index is 0.0239. The molecule has 6 nitrogen and oxygen atoms in total. The number of benzene rings is 1. The number of carbonyl (C=O) groups excluding carboxylic acids is 2. The Hall–Kier alpha value is -2.76. The number of nitrogens with zero attached hydrogens (tertiary/aromatic N) is 3. The molecule has 1 aromatic heterocycles. The molecular formula is C20H17N3O3S2. The van der Waals surface area contributed by atoms with Gasteiger partial charge in [-0.25, -0.2) is 4.79 Å². The van der Waals surface area contributed by atoms with Gasteiger partial charge < -0.3 is 9.64 Å². The van der Waals surface area contributed by atoms with Crippen LogP contribution in [0.2, 0.25) is 0 Å². The Bertz CT molecular complexity index is 977. The summed E-state index contributed by atoms with van der Waals surface area (Å²) >= 11 is 3.08. The Labute approximate surface area is 171 Å². The van der Waals surface area contributed by atoms with E-state index >= 15 is 0 Å². The van der Waals surface area contributed by atoms with Crippen LogP contribution in [0.15, 0.2) is 52.4 Å². The molecule has 2 aliphatic heterocycles. The van der Waals surface area contributed by atoms with Crippen LogP contribution in [0.5, 0.6) is 0 Å². The Morgan fingerprint density at radius 3 is 2.71 bits per heavy atom. The van der Waals surface area contributed by atoms with Crippen LogP contribution in [0.1, 0.15) is 27.6 Å². The van der Waals surface area contributed by atoms with E-state index in [2.05, 4.69) is 6.07 Å². The van der Waals surface area contributed by atoms with Crippen LogP contribution >= 0.6 is 23.1 Å². The molecular weight excluding hydrogens is 394 g/mol. The fourth-order valence-electron chi connectivity index (χ4n) is 3.38. The number of amides is 1. The molecule has 1 saturated heterocycles. The van der Waals surface area contributed by atoms with Gasteiger partial charge in [0.15, 0.2) is 0 Å². The maximum Gasteiger partial charge on any atom is 0.337 e. The minimum Gasteiger partial charge on any atom is -0.465 e. The van der Waals surface area contributed by atoms with Gasteiger partial charge in [-0.15, -0.1) is 11.3 Å². The maximum atomic E-state index is 12.8. The zero-order chi connectivity index (χ0) is 19.7. The van der Waals surface area contributed by atoms with Crippen molar-refractivity contribution in [3.8, 4) is 6.07 Å². The average Bonchev–Trinajstić information content (AvgIpc) is 3.28. The lowest BCUT2D eigenvalue weighted by atomic mass is 9.92. The third-order valence-corrected chi connectivity index (χ3v) is 6.97. The lowest BCUT2D eigenvalue weighted by molar-refractivity contribution is -0.129. The van der Waals surface area contributed by atoms with Crippen molar-refractivity contribution in [2.75, 3.05) is 24.6 Å². The van der Waals surface area contributed by atoms with E-state index in [4.69, 9.17) is 4.74 Å². The van der Waals surface area contributed by atoms with Gasteiger partial charge in [-0.2, -0.15) is 5.26 Å². The number of fused-ring (bicyclic) bond motifs is 1. The smallest absolute Gasteiger partial charge is 0.337 e. The number of anilines is 1. The summed E-state index contributed by atoms with van der Waals surface area (Å²) in [4.78, 5) is 29.2. The first-order chi connectivity index (χ1) is 13.6. The number of allylic oxidation sites excluding steroid dienone is 1. The van der Waals surface area contributed by atoms with Gasteiger partial charge in [0.25, 0.3) is 0 Å². The van der Waals surface area contributed by atoms with Crippen molar-refractivity contribution in [1.29, 1.82) is 5.26 Å². The van der Waals surface area contributed by atoms with Crippen molar-refractivity contribution in [3.63, 3.8) is 0 Å². The maximum absolute atomic E-state index is 12.8. The SMILES string of the molecule is COC(=O)c1ccc(N2CSC3=C(C#N)[C@@H](c4cccs4)CC(=O)N3C2)cc1. The fraction of sp³-hybridized carbons (Fsp3) is 0.250. The van der Waals surface area contributed by atoms with E-state index < -0.39 is 0 Å². The molecule has 142 valence electrons. The Balaban J connectivity index is 1.59. The fourth-order valence-corrected chi connectivity index (χ4v) is 5.39. The van der Waals surface area contributed by atoms with Crippen molar-refractivity contribution >= 4 is 40.7 Å². The molecule has 1 amide bonds. The molecule has 8 heteroatoms. The zero-order valence-electron chi connectivity index (χ0n) is 15.1. The number of carbonyl (C=O) groups is 2. The number of thioether (sulfide) groups is 1. The van der Waals surface area contributed by atoms with Gasteiger partial charge in [0.2, 0.25) is 5.91 Å². The van der Waals surface area contributed by atoms with Gasteiger partial charge in [-0.1, -0.05) is 17.8 Å². The van der Waals surface area contributed by atoms with Gasteiger partial charge in [-0.3, -0.25) is 9.69 Å². The van der Waals surface area contributed by atoms with Crippen LogP contribution in [-0.2, 0) is 9.53 Å². The number of methoxy groups -OCH3 is 1. The average molecular weight is 412 g/mol. The Morgan fingerprint density at radius 2 is 2.07 bits per heavy atom. The van der Waals surface area contributed by atoms with Gasteiger partial charge in [0.05, 0.1) is 41.9 Å².